The molecule has 104 valence electrons. The molecular formula is C13H8BrCl2NO2S. The average molecular weight is 393 g/mol. The van der Waals surface area contributed by atoms with Gasteiger partial charge in [-0.15, -0.1) is 11.3 Å². The maximum Gasteiger partial charge on any atom is 0.262 e. The van der Waals surface area contributed by atoms with Gasteiger partial charge in [0.25, 0.3) is 5.91 Å². The lowest BCUT2D eigenvalue weighted by Gasteiger charge is -2.19. The number of halogens is 3. The Bertz CT molecular complexity index is 689. The molecule has 1 aliphatic rings. The molecule has 2 heterocycles. The van der Waals surface area contributed by atoms with E-state index in [9.17, 15) is 4.79 Å². The van der Waals surface area contributed by atoms with Crippen molar-refractivity contribution < 1.29 is 9.53 Å². The van der Waals surface area contributed by atoms with Gasteiger partial charge in [-0.05, 0) is 23.8 Å². The van der Waals surface area contributed by atoms with Crippen molar-refractivity contribution in [2.24, 2.45) is 0 Å². The van der Waals surface area contributed by atoms with E-state index in [0.717, 1.165) is 11.1 Å². The number of benzene rings is 1. The second-order valence-electron chi connectivity index (χ2n) is 4.23. The Morgan fingerprint density at radius 2 is 2.15 bits per heavy atom. The maximum atomic E-state index is 11.3. The van der Waals surface area contributed by atoms with Gasteiger partial charge in [-0.2, -0.15) is 0 Å². The van der Waals surface area contributed by atoms with Crippen LogP contribution in [-0.2, 0) is 4.79 Å². The SMILES string of the molecule is O=C1COc2ccc(C(Br)c3cc(Cl)sc3Cl)cc2N1. The standard InChI is InChI=1S/C13H8BrCl2NO2S/c14-12(7-4-10(15)20-13(7)16)6-1-2-9-8(3-6)17-11(18)5-19-9/h1-4,12H,5H2,(H,17,18). The molecule has 7 heteroatoms. The highest BCUT2D eigenvalue weighted by Crippen LogP contribution is 2.43. The predicted molar refractivity (Wildman–Crippen MR) is 85.7 cm³/mol. The number of amides is 1. The predicted octanol–water partition coefficient (Wildman–Crippen LogP) is 4.87. The quantitative estimate of drug-likeness (QED) is 0.740. The minimum absolute atomic E-state index is 0.0516. The smallest absolute Gasteiger partial charge is 0.262 e. The van der Waals surface area contributed by atoms with Gasteiger partial charge in [0.15, 0.2) is 6.61 Å². The monoisotopic (exact) mass is 391 g/mol. The van der Waals surface area contributed by atoms with Crippen molar-refractivity contribution in [3.8, 4) is 5.75 Å². The molecule has 0 bridgehead atoms. The van der Waals surface area contributed by atoms with Gasteiger partial charge in [-0.25, -0.2) is 0 Å². The highest BCUT2D eigenvalue weighted by Gasteiger charge is 2.21. The Morgan fingerprint density at radius 1 is 1.35 bits per heavy atom. The van der Waals surface area contributed by atoms with Gasteiger partial charge in [-0.1, -0.05) is 45.2 Å². The minimum Gasteiger partial charge on any atom is -0.482 e. The van der Waals surface area contributed by atoms with Crippen molar-refractivity contribution in [2.45, 2.75) is 4.83 Å². The number of rotatable bonds is 2. The normalized spacial score (nSPS) is 15.2. The third-order valence-electron chi connectivity index (χ3n) is 2.89. The molecule has 0 fully saturated rings. The first-order valence-corrected chi connectivity index (χ1v) is 8.19. The van der Waals surface area contributed by atoms with Gasteiger partial charge in [0.1, 0.15) is 5.75 Å². The molecule has 0 spiro atoms. The minimum atomic E-state index is -0.155. The number of ether oxygens (including phenoxy) is 1. The summed E-state index contributed by atoms with van der Waals surface area (Å²) in [6.07, 6.45) is 0. The molecule has 0 aliphatic carbocycles. The van der Waals surface area contributed by atoms with E-state index in [2.05, 4.69) is 21.2 Å². The average Bonchev–Trinajstić information content (AvgIpc) is 2.76. The molecule has 1 unspecified atom stereocenters. The number of nitrogens with one attached hydrogen (secondary N) is 1. The second kappa shape index (κ2) is 5.56. The molecule has 1 aromatic heterocycles. The van der Waals surface area contributed by atoms with Gasteiger partial charge in [0.05, 0.1) is 19.2 Å². The Labute approximate surface area is 138 Å². The molecule has 0 saturated heterocycles. The second-order valence-corrected chi connectivity index (χ2v) is 7.44. The lowest BCUT2D eigenvalue weighted by atomic mass is 10.1. The Balaban J connectivity index is 1.96. The van der Waals surface area contributed by atoms with E-state index in [1.165, 1.54) is 11.3 Å². The van der Waals surface area contributed by atoms with Crippen LogP contribution in [0.25, 0.3) is 0 Å². The maximum absolute atomic E-state index is 11.3. The van der Waals surface area contributed by atoms with Gasteiger partial charge in [-0.3, -0.25) is 4.79 Å². The molecule has 0 saturated carbocycles. The molecule has 1 aromatic carbocycles. The van der Waals surface area contributed by atoms with Gasteiger partial charge >= 0.3 is 0 Å². The lowest BCUT2D eigenvalue weighted by Crippen LogP contribution is -2.25. The summed E-state index contributed by atoms with van der Waals surface area (Å²) in [5, 5.41) is 2.79. The fourth-order valence-electron chi connectivity index (χ4n) is 1.96. The van der Waals surface area contributed by atoms with Crippen molar-refractivity contribution in [3.63, 3.8) is 0 Å². The van der Waals surface area contributed by atoms with Crippen molar-refractivity contribution in [3.05, 3.63) is 44.1 Å². The third-order valence-corrected chi connectivity index (χ3v) is 5.43. The van der Waals surface area contributed by atoms with Crippen molar-refractivity contribution in [1.82, 2.24) is 0 Å². The summed E-state index contributed by atoms with van der Waals surface area (Å²) < 4.78 is 6.62. The Kier molecular flexibility index (Phi) is 3.95. The van der Waals surface area contributed by atoms with Crippen LogP contribution >= 0.6 is 50.5 Å². The van der Waals surface area contributed by atoms with E-state index < -0.39 is 0 Å². The molecule has 0 radical (unpaired) electrons. The molecule has 1 N–H and O–H groups in total. The number of fused-ring (bicyclic) bond motifs is 1. The molecule has 2 aromatic rings. The van der Waals surface area contributed by atoms with Crippen LogP contribution in [0.1, 0.15) is 16.0 Å². The van der Waals surface area contributed by atoms with Gasteiger partial charge in [0, 0.05) is 5.56 Å². The third kappa shape index (κ3) is 2.68. The summed E-state index contributed by atoms with van der Waals surface area (Å²) in [7, 11) is 0. The summed E-state index contributed by atoms with van der Waals surface area (Å²) in [5.74, 6) is 0.514. The fourth-order valence-corrected chi connectivity index (χ4v) is 4.43. The first-order chi connectivity index (χ1) is 9.54. The summed E-state index contributed by atoms with van der Waals surface area (Å²) in [6, 6.07) is 7.47. The van der Waals surface area contributed by atoms with Crippen LogP contribution in [0.5, 0.6) is 5.75 Å². The molecular weight excluding hydrogens is 385 g/mol. The zero-order valence-electron chi connectivity index (χ0n) is 9.95. The molecule has 20 heavy (non-hydrogen) atoms. The van der Waals surface area contributed by atoms with Crippen LogP contribution < -0.4 is 10.1 Å². The number of hydrogen-bond acceptors (Lipinski definition) is 3. The number of carbonyl (C=O) groups is 1. The van der Waals surface area contributed by atoms with Crippen molar-refractivity contribution in [2.75, 3.05) is 11.9 Å². The van der Waals surface area contributed by atoms with E-state index in [1.54, 1.807) is 0 Å². The fraction of sp³-hybridized carbons (Fsp3) is 0.154. The van der Waals surface area contributed by atoms with E-state index in [1.807, 2.05) is 24.3 Å². The van der Waals surface area contributed by atoms with E-state index in [0.29, 0.717) is 20.1 Å². The van der Waals surface area contributed by atoms with Gasteiger partial charge in [0.2, 0.25) is 0 Å². The van der Waals surface area contributed by atoms with E-state index >= 15 is 0 Å². The van der Waals surface area contributed by atoms with Crippen LogP contribution in [-0.4, -0.2) is 12.5 Å². The van der Waals surface area contributed by atoms with E-state index in [4.69, 9.17) is 27.9 Å². The van der Waals surface area contributed by atoms with Gasteiger partial charge < -0.3 is 10.1 Å². The summed E-state index contributed by atoms with van der Waals surface area (Å²) in [5.41, 5.74) is 2.54. The summed E-state index contributed by atoms with van der Waals surface area (Å²) in [6.45, 7) is 0.0516. The zero-order chi connectivity index (χ0) is 14.3. The number of hydrogen-bond donors (Lipinski definition) is 1. The van der Waals surface area contributed by atoms with Crippen LogP contribution in [0.2, 0.25) is 8.67 Å². The van der Waals surface area contributed by atoms with Crippen LogP contribution in [0, 0.1) is 0 Å². The largest absolute Gasteiger partial charge is 0.482 e. The first-order valence-electron chi connectivity index (χ1n) is 5.70. The summed E-state index contributed by atoms with van der Waals surface area (Å²) in [4.78, 5) is 11.3. The Hall–Kier alpha value is -0.750. The number of alkyl halides is 1. The van der Waals surface area contributed by atoms with Crippen LogP contribution in [0.15, 0.2) is 24.3 Å². The lowest BCUT2D eigenvalue weighted by molar-refractivity contribution is -0.118. The van der Waals surface area contributed by atoms with Crippen LogP contribution in [0.4, 0.5) is 5.69 Å². The molecule has 3 nitrogen and oxygen atoms in total. The molecule has 1 amide bonds. The highest BCUT2D eigenvalue weighted by molar-refractivity contribution is 9.09. The number of anilines is 1. The number of thiophene rings is 1. The zero-order valence-corrected chi connectivity index (χ0v) is 13.9. The molecule has 1 atom stereocenters. The van der Waals surface area contributed by atoms with Crippen molar-refractivity contribution >= 4 is 62.1 Å². The summed E-state index contributed by atoms with van der Waals surface area (Å²) >= 11 is 17.1. The first kappa shape index (κ1) is 14.2. The van der Waals surface area contributed by atoms with E-state index in [-0.39, 0.29) is 17.3 Å². The Morgan fingerprint density at radius 3 is 2.85 bits per heavy atom. The number of carbonyl (C=O) groups excluding carboxylic acids is 1. The molecule has 1 aliphatic heterocycles. The van der Waals surface area contributed by atoms with Crippen molar-refractivity contribution in [1.29, 1.82) is 0 Å². The van der Waals surface area contributed by atoms with Crippen LogP contribution in [0.3, 0.4) is 0 Å². The highest BCUT2D eigenvalue weighted by atomic mass is 79.9. The molecule has 3 rings (SSSR count). The topological polar surface area (TPSA) is 38.3 Å².